The molecule has 2 heterocycles. The molecule has 2 N–H and O–H groups in total. The van der Waals surface area contributed by atoms with E-state index in [1.54, 1.807) is 12.4 Å². The molecule has 1 aromatic carbocycles. The minimum Gasteiger partial charge on any atom is -0.378 e. The number of morpholine rings is 1. The molecule has 3 rings (SSSR count). The first-order valence-corrected chi connectivity index (χ1v) is 6.63. The highest BCUT2D eigenvalue weighted by atomic mass is 35.5. The fourth-order valence-electron chi connectivity index (χ4n) is 2.23. The number of fused-ring (bicyclic) bond motifs is 1. The average molecular weight is 309 g/mol. The predicted octanol–water partition coefficient (Wildman–Crippen LogP) is 1.37. The van der Waals surface area contributed by atoms with Crippen molar-refractivity contribution in [1.82, 2.24) is 15.3 Å². The van der Waals surface area contributed by atoms with Gasteiger partial charge < -0.3 is 15.4 Å². The third kappa shape index (κ3) is 4.10. The lowest BCUT2D eigenvalue weighted by atomic mass is 10.2. The van der Waals surface area contributed by atoms with Crippen LogP contribution in [0.4, 0.5) is 5.69 Å². The van der Waals surface area contributed by atoms with Gasteiger partial charge in [-0.15, -0.1) is 12.4 Å². The van der Waals surface area contributed by atoms with Crippen molar-refractivity contribution in [2.45, 2.75) is 12.5 Å². The van der Waals surface area contributed by atoms with Gasteiger partial charge in [0.25, 0.3) is 0 Å². The molecule has 6 nitrogen and oxygen atoms in total. The van der Waals surface area contributed by atoms with Gasteiger partial charge in [-0.25, -0.2) is 0 Å². The Balaban J connectivity index is 0.00000161. The van der Waals surface area contributed by atoms with Gasteiger partial charge in [0.1, 0.15) is 0 Å². The van der Waals surface area contributed by atoms with Crippen LogP contribution in [0.3, 0.4) is 0 Å². The Labute approximate surface area is 128 Å². The third-order valence-corrected chi connectivity index (χ3v) is 3.18. The van der Waals surface area contributed by atoms with Gasteiger partial charge in [-0.1, -0.05) is 0 Å². The summed E-state index contributed by atoms with van der Waals surface area (Å²) in [5.41, 5.74) is 2.32. The van der Waals surface area contributed by atoms with Crippen LogP contribution in [0.2, 0.25) is 0 Å². The van der Waals surface area contributed by atoms with E-state index in [0.29, 0.717) is 19.6 Å². The van der Waals surface area contributed by atoms with E-state index in [1.807, 2.05) is 18.2 Å². The quantitative estimate of drug-likeness (QED) is 0.895. The molecule has 1 atom stereocenters. The summed E-state index contributed by atoms with van der Waals surface area (Å²) in [7, 11) is 0. The first kappa shape index (κ1) is 15.6. The summed E-state index contributed by atoms with van der Waals surface area (Å²) in [6.07, 6.45) is 3.69. The van der Waals surface area contributed by atoms with Crippen LogP contribution in [0, 0.1) is 0 Å². The van der Waals surface area contributed by atoms with Crippen molar-refractivity contribution in [2.24, 2.45) is 0 Å². The number of anilines is 1. The Morgan fingerprint density at radius 2 is 2.14 bits per heavy atom. The number of carbonyl (C=O) groups is 1. The number of nitrogens with zero attached hydrogens (tertiary/aromatic N) is 2. The molecule has 0 spiro atoms. The molecule has 1 unspecified atom stereocenters. The zero-order valence-electron chi connectivity index (χ0n) is 11.4. The lowest BCUT2D eigenvalue weighted by Gasteiger charge is -2.23. The van der Waals surface area contributed by atoms with Crippen LogP contribution in [0.25, 0.3) is 11.0 Å². The highest BCUT2D eigenvalue weighted by molar-refractivity contribution is 5.93. The average Bonchev–Trinajstić information content (AvgIpc) is 2.48. The second kappa shape index (κ2) is 7.31. The van der Waals surface area contributed by atoms with Gasteiger partial charge in [0.15, 0.2) is 0 Å². The number of ether oxygens (including phenoxy) is 1. The monoisotopic (exact) mass is 308 g/mol. The van der Waals surface area contributed by atoms with Gasteiger partial charge in [-0.2, -0.15) is 0 Å². The second-order valence-electron chi connectivity index (χ2n) is 4.74. The van der Waals surface area contributed by atoms with E-state index in [4.69, 9.17) is 4.74 Å². The van der Waals surface area contributed by atoms with Crippen molar-refractivity contribution in [2.75, 3.05) is 25.1 Å². The van der Waals surface area contributed by atoms with E-state index in [1.165, 1.54) is 0 Å². The van der Waals surface area contributed by atoms with Gasteiger partial charge in [-0.3, -0.25) is 14.8 Å². The zero-order valence-corrected chi connectivity index (χ0v) is 12.2. The largest absolute Gasteiger partial charge is 0.378 e. The Morgan fingerprint density at radius 3 is 2.90 bits per heavy atom. The standard InChI is InChI=1S/C14H16N4O2.ClH/c19-14(8-11-9-20-6-5-15-11)18-10-1-2-12-13(7-10)17-4-3-16-12;/h1-4,7,11,15H,5-6,8-9H2,(H,18,19);1H. The Hall–Kier alpha value is -1.76. The molecule has 1 amide bonds. The van der Waals surface area contributed by atoms with E-state index in [-0.39, 0.29) is 24.4 Å². The van der Waals surface area contributed by atoms with Crippen molar-refractivity contribution in [3.05, 3.63) is 30.6 Å². The van der Waals surface area contributed by atoms with Gasteiger partial charge in [0.2, 0.25) is 5.91 Å². The van der Waals surface area contributed by atoms with Gasteiger partial charge >= 0.3 is 0 Å². The highest BCUT2D eigenvalue weighted by Gasteiger charge is 2.16. The summed E-state index contributed by atoms with van der Waals surface area (Å²) in [6, 6.07) is 5.59. The summed E-state index contributed by atoms with van der Waals surface area (Å²) in [5, 5.41) is 6.14. The maximum Gasteiger partial charge on any atom is 0.226 e. The first-order chi connectivity index (χ1) is 9.81. The molecule has 0 saturated carbocycles. The fourth-order valence-corrected chi connectivity index (χ4v) is 2.23. The summed E-state index contributed by atoms with van der Waals surface area (Å²) < 4.78 is 5.33. The SMILES string of the molecule is Cl.O=C(CC1COCCN1)Nc1ccc2nccnc2c1. The number of hydrogen-bond acceptors (Lipinski definition) is 5. The predicted molar refractivity (Wildman–Crippen MR) is 82.6 cm³/mol. The second-order valence-corrected chi connectivity index (χ2v) is 4.74. The minimum atomic E-state index is -0.0313. The number of halogens is 1. The number of benzene rings is 1. The van der Waals surface area contributed by atoms with Crippen LogP contribution < -0.4 is 10.6 Å². The van der Waals surface area contributed by atoms with Crippen molar-refractivity contribution >= 4 is 35.0 Å². The summed E-state index contributed by atoms with van der Waals surface area (Å²) in [5.74, 6) is -0.0313. The molecule has 1 fully saturated rings. The molecule has 112 valence electrons. The van der Waals surface area contributed by atoms with Crippen LogP contribution in [0.5, 0.6) is 0 Å². The summed E-state index contributed by atoms with van der Waals surface area (Å²) in [6.45, 7) is 2.08. The lowest BCUT2D eigenvalue weighted by Crippen LogP contribution is -2.43. The molecular weight excluding hydrogens is 292 g/mol. The smallest absolute Gasteiger partial charge is 0.226 e. The van der Waals surface area contributed by atoms with Gasteiger partial charge in [-0.05, 0) is 18.2 Å². The van der Waals surface area contributed by atoms with E-state index < -0.39 is 0 Å². The first-order valence-electron chi connectivity index (χ1n) is 6.63. The van der Waals surface area contributed by atoms with Gasteiger partial charge in [0, 0.05) is 37.1 Å². The van der Waals surface area contributed by atoms with Crippen molar-refractivity contribution in [3.63, 3.8) is 0 Å². The Morgan fingerprint density at radius 1 is 1.33 bits per heavy atom. The van der Waals surface area contributed by atoms with Crippen LogP contribution in [-0.4, -0.2) is 41.7 Å². The maximum absolute atomic E-state index is 12.0. The molecule has 0 bridgehead atoms. The van der Waals surface area contributed by atoms with E-state index >= 15 is 0 Å². The molecule has 1 aliphatic heterocycles. The number of amides is 1. The topological polar surface area (TPSA) is 76.1 Å². The lowest BCUT2D eigenvalue weighted by molar-refractivity contribution is -0.117. The number of hydrogen-bond donors (Lipinski definition) is 2. The van der Waals surface area contributed by atoms with Crippen LogP contribution in [-0.2, 0) is 9.53 Å². The van der Waals surface area contributed by atoms with Crippen LogP contribution >= 0.6 is 12.4 Å². The van der Waals surface area contributed by atoms with E-state index in [9.17, 15) is 4.79 Å². The third-order valence-electron chi connectivity index (χ3n) is 3.18. The molecule has 0 radical (unpaired) electrons. The molecule has 1 aromatic heterocycles. The summed E-state index contributed by atoms with van der Waals surface area (Å²) >= 11 is 0. The molecule has 0 aliphatic carbocycles. The van der Waals surface area contributed by atoms with Crippen molar-refractivity contribution < 1.29 is 9.53 Å². The molecule has 1 aliphatic rings. The number of rotatable bonds is 3. The van der Waals surface area contributed by atoms with E-state index in [2.05, 4.69) is 20.6 Å². The molecule has 7 heteroatoms. The number of carbonyl (C=O) groups excluding carboxylic acids is 1. The number of nitrogens with one attached hydrogen (secondary N) is 2. The number of aromatic nitrogens is 2. The van der Waals surface area contributed by atoms with Crippen LogP contribution in [0.1, 0.15) is 6.42 Å². The highest BCUT2D eigenvalue weighted by Crippen LogP contribution is 2.15. The zero-order chi connectivity index (χ0) is 13.8. The van der Waals surface area contributed by atoms with Crippen molar-refractivity contribution in [1.29, 1.82) is 0 Å². The van der Waals surface area contributed by atoms with E-state index in [0.717, 1.165) is 23.3 Å². The summed E-state index contributed by atoms with van der Waals surface area (Å²) in [4.78, 5) is 20.4. The molecular formula is C14H17ClN4O2. The Kier molecular flexibility index (Phi) is 5.44. The minimum absolute atomic E-state index is 0. The molecule has 21 heavy (non-hydrogen) atoms. The fraction of sp³-hybridized carbons (Fsp3) is 0.357. The maximum atomic E-state index is 12.0. The normalized spacial score (nSPS) is 18.0. The van der Waals surface area contributed by atoms with Crippen LogP contribution in [0.15, 0.2) is 30.6 Å². The Bertz CT molecular complexity index is 617. The molecule has 1 saturated heterocycles. The van der Waals surface area contributed by atoms with Crippen molar-refractivity contribution in [3.8, 4) is 0 Å². The molecule has 2 aromatic rings. The van der Waals surface area contributed by atoms with Gasteiger partial charge in [0.05, 0.1) is 24.2 Å².